The van der Waals surface area contributed by atoms with E-state index in [4.69, 9.17) is 0 Å². The van der Waals surface area contributed by atoms with Gasteiger partial charge in [-0.3, -0.25) is 4.90 Å². The number of hydrogen-bond donors (Lipinski definition) is 1. The van der Waals surface area contributed by atoms with Crippen molar-refractivity contribution in [2.75, 3.05) is 51.2 Å². The van der Waals surface area contributed by atoms with Crippen molar-refractivity contribution in [2.45, 2.75) is 43.7 Å². The summed E-state index contributed by atoms with van der Waals surface area (Å²) in [5.74, 6) is 3.06. The topological polar surface area (TPSA) is 55.7 Å². The van der Waals surface area contributed by atoms with Crippen LogP contribution in [0.3, 0.4) is 0 Å². The van der Waals surface area contributed by atoms with Crippen molar-refractivity contribution < 1.29 is 5.11 Å². The largest absolute Gasteiger partial charge is 0.391 e. The van der Waals surface area contributed by atoms with Crippen LogP contribution in [0.2, 0.25) is 0 Å². The molecule has 4 aliphatic rings. The maximum atomic E-state index is 10.8. The fourth-order valence-corrected chi connectivity index (χ4v) is 5.28. The minimum absolute atomic E-state index is 0.174. The summed E-state index contributed by atoms with van der Waals surface area (Å²) >= 11 is 0. The zero-order valence-electron chi connectivity index (χ0n) is 15.8. The molecule has 0 unspecified atom stereocenters. The van der Waals surface area contributed by atoms with E-state index in [9.17, 15) is 5.11 Å². The van der Waals surface area contributed by atoms with Gasteiger partial charge in [-0.25, -0.2) is 9.97 Å². The fraction of sp³-hybridized carbons (Fsp3) is 0.800. The molecule has 1 aromatic heterocycles. The number of hydrogen-bond acceptors (Lipinski definition) is 6. The zero-order valence-corrected chi connectivity index (χ0v) is 15.8. The number of aromatic nitrogens is 2. The highest BCUT2D eigenvalue weighted by atomic mass is 16.3. The summed E-state index contributed by atoms with van der Waals surface area (Å²) in [7, 11) is 2.19. The van der Waals surface area contributed by atoms with Crippen LogP contribution in [-0.2, 0) is 0 Å². The standard InChI is InChI=1S/C20H31N5O/c1-23-4-6-24(7-5-23)18-8-15-11-25(12-16(15)9-19(18)26)20-10-17(14-2-3-14)21-13-22-20/h10,13-16,18-19,26H,2-9,11-12H2,1H3/t15-,16+,18-,19-/m1/s1. The molecule has 4 atom stereocenters. The molecule has 0 aromatic carbocycles. The van der Waals surface area contributed by atoms with Gasteiger partial charge in [-0.1, -0.05) is 0 Å². The molecule has 6 heteroatoms. The number of piperazine rings is 1. The molecule has 142 valence electrons. The predicted octanol–water partition coefficient (Wildman–Crippen LogP) is 1.18. The fourth-order valence-electron chi connectivity index (χ4n) is 5.28. The SMILES string of the molecule is CN1CCN([C@@H]2C[C@@H]3CN(c4cc(C5CC5)ncn4)C[C@@H]3C[C@H]2O)CC1. The molecule has 0 amide bonds. The number of aliphatic hydroxyl groups excluding tert-OH is 1. The molecule has 2 saturated carbocycles. The molecule has 4 fully saturated rings. The Morgan fingerprint density at radius 1 is 1.00 bits per heavy atom. The molecule has 5 rings (SSSR count). The van der Waals surface area contributed by atoms with Gasteiger partial charge in [0.25, 0.3) is 0 Å². The average molecular weight is 358 g/mol. The van der Waals surface area contributed by atoms with Crippen LogP contribution < -0.4 is 4.90 Å². The lowest BCUT2D eigenvalue weighted by Crippen LogP contribution is -2.55. The quantitative estimate of drug-likeness (QED) is 0.877. The molecule has 2 aliphatic carbocycles. The second kappa shape index (κ2) is 6.73. The van der Waals surface area contributed by atoms with E-state index in [1.54, 1.807) is 6.33 Å². The summed E-state index contributed by atoms with van der Waals surface area (Å²) in [6, 6.07) is 2.56. The monoisotopic (exact) mass is 357 g/mol. The van der Waals surface area contributed by atoms with Crippen LogP contribution in [0.15, 0.2) is 12.4 Å². The maximum Gasteiger partial charge on any atom is 0.132 e. The summed E-state index contributed by atoms with van der Waals surface area (Å²) in [6.45, 7) is 6.55. The van der Waals surface area contributed by atoms with E-state index < -0.39 is 0 Å². The summed E-state index contributed by atoms with van der Waals surface area (Å²) in [5, 5.41) is 10.8. The Labute approximate surface area is 156 Å². The highest BCUT2D eigenvalue weighted by molar-refractivity contribution is 5.42. The second-order valence-corrected chi connectivity index (χ2v) is 8.95. The summed E-state index contributed by atoms with van der Waals surface area (Å²) < 4.78 is 0. The second-order valence-electron chi connectivity index (χ2n) is 8.95. The summed E-state index contributed by atoms with van der Waals surface area (Å²) in [4.78, 5) is 16.4. The van der Waals surface area contributed by atoms with Gasteiger partial charge in [0, 0.05) is 63.0 Å². The van der Waals surface area contributed by atoms with E-state index in [0.717, 1.165) is 57.9 Å². The molecule has 1 N–H and O–H groups in total. The first-order valence-electron chi connectivity index (χ1n) is 10.3. The van der Waals surface area contributed by atoms with Gasteiger partial charge >= 0.3 is 0 Å². The Kier molecular flexibility index (Phi) is 4.38. The molecule has 3 heterocycles. The molecule has 2 saturated heterocycles. The lowest BCUT2D eigenvalue weighted by atomic mass is 9.77. The molecular formula is C20H31N5O. The number of anilines is 1. The number of likely N-dealkylation sites (N-methyl/N-ethyl adjacent to an activating group) is 1. The third-order valence-electron chi connectivity index (χ3n) is 7.11. The van der Waals surface area contributed by atoms with E-state index >= 15 is 0 Å². The van der Waals surface area contributed by atoms with Gasteiger partial charge in [0.05, 0.1) is 6.10 Å². The smallest absolute Gasteiger partial charge is 0.132 e. The average Bonchev–Trinajstić information content (AvgIpc) is 3.42. The molecule has 2 aliphatic heterocycles. The van der Waals surface area contributed by atoms with Crippen LogP contribution in [0.4, 0.5) is 5.82 Å². The van der Waals surface area contributed by atoms with Gasteiger partial charge in [-0.05, 0) is 44.6 Å². The van der Waals surface area contributed by atoms with Crippen LogP contribution in [-0.4, -0.2) is 83.3 Å². The van der Waals surface area contributed by atoms with Crippen molar-refractivity contribution in [3.05, 3.63) is 18.1 Å². The molecule has 0 spiro atoms. The van der Waals surface area contributed by atoms with Gasteiger partial charge < -0.3 is 14.9 Å². The minimum Gasteiger partial charge on any atom is -0.391 e. The lowest BCUT2D eigenvalue weighted by Gasteiger charge is -2.44. The van der Waals surface area contributed by atoms with Crippen molar-refractivity contribution >= 4 is 5.82 Å². The third-order valence-corrected chi connectivity index (χ3v) is 7.11. The Balaban J connectivity index is 1.26. The Morgan fingerprint density at radius 2 is 1.73 bits per heavy atom. The Bertz CT molecular complexity index is 643. The molecule has 0 bridgehead atoms. The lowest BCUT2D eigenvalue weighted by molar-refractivity contribution is -0.0249. The van der Waals surface area contributed by atoms with Crippen LogP contribution in [0.1, 0.15) is 37.3 Å². The highest BCUT2D eigenvalue weighted by Crippen LogP contribution is 2.42. The van der Waals surface area contributed by atoms with Crippen molar-refractivity contribution in [1.29, 1.82) is 0 Å². The third kappa shape index (κ3) is 3.23. The zero-order chi connectivity index (χ0) is 17.7. The van der Waals surface area contributed by atoms with Crippen molar-refractivity contribution in [1.82, 2.24) is 19.8 Å². The first-order valence-corrected chi connectivity index (χ1v) is 10.3. The first-order chi connectivity index (χ1) is 12.7. The van der Waals surface area contributed by atoms with Crippen molar-refractivity contribution in [3.8, 4) is 0 Å². The van der Waals surface area contributed by atoms with Gasteiger partial charge in [-0.15, -0.1) is 0 Å². The molecule has 0 radical (unpaired) electrons. The Hall–Kier alpha value is -1.24. The van der Waals surface area contributed by atoms with Crippen LogP contribution in [0.5, 0.6) is 0 Å². The van der Waals surface area contributed by atoms with Gasteiger partial charge in [0.15, 0.2) is 0 Å². The molecule has 6 nitrogen and oxygen atoms in total. The summed E-state index contributed by atoms with van der Waals surface area (Å²) in [5.41, 5.74) is 1.22. The van der Waals surface area contributed by atoms with Crippen molar-refractivity contribution in [3.63, 3.8) is 0 Å². The molecule has 26 heavy (non-hydrogen) atoms. The molecular weight excluding hydrogens is 326 g/mol. The van der Waals surface area contributed by atoms with Gasteiger partial charge in [0.2, 0.25) is 0 Å². The van der Waals surface area contributed by atoms with E-state index in [0.29, 0.717) is 23.8 Å². The minimum atomic E-state index is -0.174. The number of nitrogens with zero attached hydrogens (tertiary/aromatic N) is 5. The summed E-state index contributed by atoms with van der Waals surface area (Å²) in [6.07, 6.45) is 6.20. The number of fused-ring (bicyclic) bond motifs is 1. The Morgan fingerprint density at radius 3 is 2.46 bits per heavy atom. The van der Waals surface area contributed by atoms with Gasteiger partial charge in [0.1, 0.15) is 12.1 Å². The van der Waals surface area contributed by atoms with E-state index in [2.05, 4.69) is 37.8 Å². The van der Waals surface area contributed by atoms with Gasteiger partial charge in [-0.2, -0.15) is 0 Å². The maximum absolute atomic E-state index is 10.8. The normalized spacial score (nSPS) is 36.3. The first kappa shape index (κ1) is 16.9. The van der Waals surface area contributed by atoms with E-state index in [-0.39, 0.29) is 6.10 Å². The number of aliphatic hydroxyl groups is 1. The van der Waals surface area contributed by atoms with Crippen LogP contribution in [0.25, 0.3) is 0 Å². The molecule has 1 aromatic rings. The van der Waals surface area contributed by atoms with E-state index in [1.807, 2.05) is 0 Å². The van der Waals surface area contributed by atoms with Crippen LogP contribution >= 0.6 is 0 Å². The van der Waals surface area contributed by atoms with Crippen LogP contribution in [0, 0.1) is 11.8 Å². The number of rotatable bonds is 3. The predicted molar refractivity (Wildman–Crippen MR) is 101 cm³/mol. The highest BCUT2D eigenvalue weighted by Gasteiger charge is 2.44. The van der Waals surface area contributed by atoms with Crippen molar-refractivity contribution in [2.24, 2.45) is 11.8 Å². The van der Waals surface area contributed by atoms with E-state index in [1.165, 1.54) is 18.5 Å².